The van der Waals surface area contributed by atoms with Gasteiger partial charge in [-0.05, 0) is 56.9 Å². The maximum Gasteiger partial charge on any atom is 0.339 e. The molecule has 3 rings (SSSR count). The first-order valence-corrected chi connectivity index (χ1v) is 10.0. The number of rotatable bonds is 5. The van der Waals surface area contributed by atoms with Gasteiger partial charge in [-0.25, -0.2) is 10.2 Å². The van der Waals surface area contributed by atoms with Crippen molar-refractivity contribution in [3.63, 3.8) is 0 Å². The molecular weight excluding hydrogens is 364 g/mol. The number of amides is 2. The van der Waals surface area contributed by atoms with Crippen molar-refractivity contribution in [2.45, 2.75) is 45.6 Å². The van der Waals surface area contributed by atoms with E-state index in [0.717, 1.165) is 24.3 Å². The summed E-state index contributed by atoms with van der Waals surface area (Å²) in [6.45, 7) is 9.94. The Bertz CT molecular complexity index is 893. The normalized spacial score (nSPS) is 17.7. The maximum absolute atomic E-state index is 12.0. The van der Waals surface area contributed by atoms with Gasteiger partial charge in [-0.1, -0.05) is 25.1 Å². The van der Waals surface area contributed by atoms with E-state index in [1.165, 1.54) is 11.3 Å². The summed E-state index contributed by atoms with van der Waals surface area (Å²) in [7, 11) is 1.66. The van der Waals surface area contributed by atoms with Gasteiger partial charge in [0.25, 0.3) is 0 Å². The topological polar surface area (TPSA) is 66.0 Å². The molecule has 29 heavy (non-hydrogen) atoms. The molecule has 0 bridgehead atoms. The van der Waals surface area contributed by atoms with Crippen molar-refractivity contribution in [1.29, 1.82) is 0 Å². The number of methoxy groups -OCH3 is 1. The molecule has 1 heterocycles. The highest BCUT2D eigenvalue weighted by Gasteiger charge is 2.36. The molecule has 1 aliphatic heterocycles. The van der Waals surface area contributed by atoms with Crippen LogP contribution in [0.25, 0.3) is 0 Å². The average molecular weight is 395 g/mol. The Morgan fingerprint density at radius 1 is 1.31 bits per heavy atom. The number of benzene rings is 2. The van der Waals surface area contributed by atoms with Gasteiger partial charge in [0.1, 0.15) is 5.75 Å². The Balaban J connectivity index is 1.80. The first-order chi connectivity index (χ1) is 13.9. The van der Waals surface area contributed by atoms with Gasteiger partial charge in [-0.15, -0.1) is 0 Å². The van der Waals surface area contributed by atoms with Gasteiger partial charge in [0, 0.05) is 35.1 Å². The number of hydrogen-bond acceptors (Lipinski definition) is 4. The quantitative estimate of drug-likeness (QED) is 0.556. The van der Waals surface area contributed by atoms with Crippen LogP contribution >= 0.6 is 0 Å². The molecule has 0 radical (unpaired) electrons. The number of carbonyl (C=O) groups excluding carboxylic acids is 1. The lowest BCUT2D eigenvalue weighted by Gasteiger charge is -2.47. The smallest absolute Gasteiger partial charge is 0.339 e. The largest absolute Gasteiger partial charge is 0.496 e. The number of ether oxygens (including phenoxy) is 1. The molecule has 1 atom stereocenters. The number of para-hydroxylation sites is 1. The van der Waals surface area contributed by atoms with Gasteiger partial charge in [-0.3, -0.25) is 0 Å². The van der Waals surface area contributed by atoms with E-state index < -0.39 is 6.03 Å². The third kappa shape index (κ3) is 4.53. The standard InChI is InChI=1S/C23H30N4O2/c1-6-27-20-13-21(29-5)17(12-19(20)16(2)14-23(27,3)4)15-24-26-22(28)25-18-10-8-7-9-11-18/h7-13,15-16H,6,14H2,1-5H3,(H2,25,26,28)/b24-15+. The highest BCUT2D eigenvalue weighted by Crippen LogP contribution is 2.45. The molecule has 0 saturated heterocycles. The molecule has 6 nitrogen and oxygen atoms in total. The molecule has 2 aromatic carbocycles. The Hall–Kier alpha value is -3.02. The van der Waals surface area contributed by atoms with Gasteiger partial charge in [0.15, 0.2) is 0 Å². The van der Waals surface area contributed by atoms with Crippen molar-refractivity contribution >= 4 is 23.6 Å². The van der Waals surface area contributed by atoms with E-state index >= 15 is 0 Å². The van der Waals surface area contributed by atoms with Crippen LogP contribution in [0.5, 0.6) is 5.75 Å². The first-order valence-electron chi connectivity index (χ1n) is 10.0. The average Bonchev–Trinajstić information content (AvgIpc) is 2.68. The van der Waals surface area contributed by atoms with Crippen LogP contribution < -0.4 is 20.4 Å². The van der Waals surface area contributed by atoms with E-state index in [0.29, 0.717) is 11.6 Å². The fraction of sp³-hybridized carbons (Fsp3) is 0.391. The number of urea groups is 1. The number of anilines is 2. The summed E-state index contributed by atoms with van der Waals surface area (Å²) in [4.78, 5) is 14.4. The van der Waals surface area contributed by atoms with Crippen LogP contribution in [0.2, 0.25) is 0 Å². The Kier molecular flexibility index (Phi) is 6.11. The number of hydrogen-bond donors (Lipinski definition) is 2. The van der Waals surface area contributed by atoms with Crippen molar-refractivity contribution in [3.8, 4) is 5.75 Å². The number of nitrogens with zero attached hydrogens (tertiary/aromatic N) is 2. The molecule has 2 aromatic rings. The molecular formula is C23H30N4O2. The lowest BCUT2D eigenvalue weighted by molar-refractivity contribution is 0.252. The first kappa shape index (κ1) is 20.7. The van der Waals surface area contributed by atoms with E-state index in [4.69, 9.17) is 4.74 Å². The number of nitrogens with one attached hydrogen (secondary N) is 2. The van der Waals surface area contributed by atoms with Gasteiger partial charge in [0.05, 0.1) is 13.3 Å². The summed E-state index contributed by atoms with van der Waals surface area (Å²) >= 11 is 0. The molecule has 0 fully saturated rings. The minimum Gasteiger partial charge on any atom is -0.496 e. The zero-order valence-electron chi connectivity index (χ0n) is 17.8. The number of carbonyl (C=O) groups is 1. The SMILES string of the molecule is CCN1c2cc(OC)c(/C=N/NC(=O)Nc3ccccc3)cc2C(C)CC1(C)C. The molecule has 2 N–H and O–H groups in total. The Morgan fingerprint density at radius 3 is 2.69 bits per heavy atom. The second-order valence-corrected chi connectivity index (χ2v) is 8.00. The summed E-state index contributed by atoms with van der Waals surface area (Å²) in [5.74, 6) is 1.16. The fourth-order valence-corrected chi connectivity index (χ4v) is 4.24. The fourth-order valence-electron chi connectivity index (χ4n) is 4.24. The maximum atomic E-state index is 12.0. The van der Waals surface area contributed by atoms with Gasteiger partial charge >= 0.3 is 6.03 Å². The minimum absolute atomic E-state index is 0.0961. The molecule has 1 unspecified atom stereocenters. The summed E-state index contributed by atoms with van der Waals surface area (Å²) in [6, 6.07) is 13.1. The summed E-state index contributed by atoms with van der Waals surface area (Å²) < 4.78 is 5.61. The molecule has 154 valence electrons. The third-order valence-corrected chi connectivity index (χ3v) is 5.45. The molecule has 6 heteroatoms. The van der Waals surface area contributed by atoms with Crippen molar-refractivity contribution in [3.05, 3.63) is 53.6 Å². The van der Waals surface area contributed by atoms with Crippen LogP contribution in [0.1, 0.15) is 51.2 Å². The minimum atomic E-state index is -0.392. The second kappa shape index (κ2) is 8.55. The molecule has 2 amide bonds. The van der Waals surface area contributed by atoms with Crippen LogP contribution in [-0.4, -0.2) is 31.4 Å². The van der Waals surface area contributed by atoms with Crippen molar-refractivity contribution in [2.75, 3.05) is 23.9 Å². The van der Waals surface area contributed by atoms with Crippen molar-refractivity contribution in [1.82, 2.24) is 5.43 Å². The van der Waals surface area contributed by atoms with Crippen molar-refractivity contribution in [2.24, 2.45) is 5.10 Å². The summed E-state index contributed by atoms with van der Waals surface area (Å²) in [5.41, 5.74) is 6.65. The lowest BCUT2D eigenvalue weighted by Crippen LogP contribution is -2.48. The van der Waals surface area contributed by atoms with Crippen molar-refractivity contribution < 1.29 is 9.53 Å². The van der Waals surface area contributed by atoms with E-state index in [1.54, 1.807) is 13.3 Å². The zero-order valence-corrected chi connectivity index (χ0v) is 17.8. The monoisotopic (exact) mass is 394 g/mol. The Labute approximate surface area is 172 Å². The van der Waals surface area contributed by atoms with Crippen LogP contribution in [0.15, 0.2) is 47.6 Å². The second-order valence-electron chi connectivity index (χ2n) is 8.00. The van der Waals surface area contributed by atoms with Gasteiger partial charge in [0.2, 0.25) is 0 Å². The van der Waals surface area contributed by atoms with Crippen LogP contribution in [0.3, 0.4) is 0 Å². The molecule has 0 aromatic heterocycles. The van der Waals surface area contributed by atoms with Crippen LogP contribution in [-0.2, 0) is 0 Å². The van der Waals surface area contributed by atoms with Gasteiger partial charge < -0.3 is 15.0 Å². The highest BCUT2D eigenvalue weighted by molar-refractivity contribution is 5.91. The molecule has 0 saturated carbocycles. The van der Waals surface area contributed by atoms with E-state index in [-0.39, 0.29) is 5.54 Å². The molecule has 1 aliphatic rings. The summed E-state index contributed by atoms with van der Waals surface area (Å²) in [6.07, 6.45) is 2.71. The van der Waals surface area contributed by atoms with E-state index in [9.17, 15) is 4.79 Å². The van der Waals surface area contributed by atoms with Crippen LogP contribution in [0, 0.1) is 0 Å². The molecule has 0 spiro atoms. The number of fused-ring (bicyclic) bond motifs is 1. The predicted molar refractivity (Wildman–Crippen MR) is 119 cm³/mol. The Morgan fingerprint density at radius 2 is 2.03 bits per heavy atom. The highest BCUT2D eigenvalue weighted by atomic mass is 16.5. The zero-order chi connectivity index (χ0) is 21.0. The van der Waals surface area contributed by atoms with E-state index in [1.807, 2.05) is 30.3 Å². The van der Waals surface area contributed by atoms with Crippen LogP contribution in [0.4, 0.5) is 16.2 Å². The summed E-state index contributed by atoms with van der Waals surface area (Å²) in [5, 5.41) is 6.84. The van der Waals surface area contributed by atoms with Gasteiger partial charge in [-0.2, -0.15) is 5.10 Å². The third-order valence-electron chi connectivity index (χ3n) is 5.45. The number of hydrazone groups is 1. The lowest BCUT2D eigenvalue weighted by atomic mass is 9.79. The van der Waals surface area contributed by atoms with E-state index in [2.05, 4.69) is 60.6 Å². The molecule has 0 aliphatic carbocycles. The predicted octanol–water partition coefficient (Wildman–Crippen LogP) is 4.96.